The van der Waals surface area contributed by atoms with Crippen molar-refractivity contribution in [1.82, 2.24) is 30.4 Å². The summed E-state index contributed by atoms with van der Waals surface area (Å²) in [6, 6.07) is 14.5. The van der Waals surface area contributed by atoms with Gasteiger partial charge in [-0.25, -0.2) is 9.97 Å². The van der Waals surface area contributed by atoms with Crippen LogP contribution in [0, 0.1) is 6.92 Å². The molecule has 0 aliphatic carbocycles. The molecule has 0 spiro atoms. The fourth-order valence-corrected chi connectivity index (χ4v) is 6.02. The molecule has 1 saturated heterocycles. The number of hydrogen-bond donors (Lipinski definition) is 1. The summed E-state index contributed by atoms with van der Waals surface area (Å²) in [5.41, 5.74) is 6.89. The Morgan fingerprint density at radius 1 is 1.00 bits per heavy atom. The Balaban J connectivity index is 1.22. The Bertz CT molecular complexity index is 1570. The van der Waals surface area contributed by atoms with Crippen LogP contribution in [0.2, 0.25) is 0 Å². The molecule has 2 aliphatic heterocycles. The standard InChI is InChI=1S/C32H37N7O3/c1-21-16-24(28-6-7-29(42-3)37-36-28)18-27-30(21)34-20-35-31(27)39-12-8-22-4-5-23(17-25(22)19-39)32(40)38-13-9-26(10-14-38)33-11-15-41-2/h4-7,16-18,20,26,33H,8-15,19H2,1-3H3. The molecule has 1 fully saturated rings. The summed E-state index contributed by atoms with van der Waals surface area (Å²) in [6.45, 7) is 6.64. The highest BCUT2D eigenvalue weighted by Gasteiger charge is 2.26. The molecule has 10 heteroatoms. The first-order valence-electron chi connectivity index (χ1n) is 14.6. The molecule has 218 valence electrons. The van der Waals surface area contributed by atoms with Gasteiger partial charge in [-0.2, -0.15) is 0 Å². The zero-order chi connectivity index (χ0) is 29.1. The Morgan fingerprint density at radius 3 is 2.62 bits per heavy atom. The number of nitrogens with one attached hydrogen (secondary N) is 1. The number of benzene rings is 2. The molecule has 2 aromatic carbocycles. The number of fused-ring (bicyclic) bond motifs is 2. The van der Waals surface area contributed by atoms with E-state index in [1.165, 1.54) is 11.1 Å². The summed E-state index contributed by atoms with van der Waals surface area (Å²) in [7, 11) is 3.29. The van der Waals surface area contributed by atoms with E-state index in [2.05, 4.69) is 56.6 Å². The van der Waals surface area contributed by atoms with Crippen molar-refractivity contribution in [3.63, 3.8) is 0 Å². The van der Waals surface area contributed by atoms with Gasteiger partial charge in [0.15, 0.2) is 0 Å². The van der Waals surface area contributed by atoms with Crippen LogP contribution in [0.3, 0.4) is 0 Å². The smallest absolute Gasteiger partial charge is 0.253 e. The van der Waals surface area contributed by atoms with Crippen molar-refractivity contribution in [1.29, 1.82) is 0 Å². The van der Waals surface area contributed by atoms with Crippen LogP contribution in [-0.2, 0) is 17.7 Å². The number of likely N-dealkylation sites (tertiary alicyclic amines) is 1. The Labute approximate surface area is 246 Å². The van der Waals surface area contributed by atoms with Gasteiger partial charge in [-0.1, -0.05) is 6.07 Å². The van der Waals surface area contributed by atoms with Gasteiger partial charge in [0.1, 0.15) is 12.1 Å². The minimum Gasteiger partial charge on any atom is -0.480 e. The van der Waals surface area contributed by atoms with Crippen molar-refractivity contribution < 1.29 is 14.3 Å². The molecule has 4 heterocycles. The van der Waals surface area contributed by atoms with Gasteiger partial charge in [0.05, 0.1) is 24.9 Å². The van der Waals surface area contributed by atoms with Crippen LogP contribution in [0.25, 0.3) is 22.2 Å². The SMILES string of the molecule is COCCNC1CCN(C(=O)c2ccc3c(c2)CN(c2ncnc4c(C)cc(-c5ccc(OC)nn5)cc24)CC3)CC1. The fourth-order valence-electron chi connectivity index (χ4n) is 6.02. The summed E-state index contributed by atoms with van der Waals surface area (Å²) in [4.78, 5) is 27.1. The number of carbonyl (C=O) groups excluding carboxylic acids is 1. The first-order chi connectivity index (χ1) is 20.5. The van der Waals surface area contributed by atoms with Gasteiger partial charge in [0, 0.05) is 68.5 Å². The molecule has 2 aliphatic rings. The quantitative estimate of drug-likeness (QED) is 0.318. The van der Waals surface area contributed by atoms with Crippen LogP contribution in [-0.4, -0.2) is 84.0 Å². The number of carbonyl (C=O) groups is 1. The second-order valence-electron chi connectivity index (χ2n) is 11.0. The Kier molecular flexibility index (Phi) is 8.25. The molecule has 2 aromatic heterocycles. The van der Waals surface area contributed by atoms with Crippen molar-refractivity contribution in [2.45, 2.75) is 38.8 Å². The van der Waals surface area contributed by atoms with Crippen molar-refractivity contribution in [2.24, 2.45) is 0 Å². The number of nitrogens with zero attached hydrogens (tertiary/aromatic N) is 6. The zero-order valence-corrected chi connectivity index (χ0v) is 24.5. The van der Waals surface area contributed by atoms with Crippen LogP contribution >= 0.6 is 0 Å². The molecule has 1 amide bonds. The third-order valence-corrected chi connectivity index (χ3v) is 8.34. The summed E-state index contributed by atoms with van der Waals surface area (Å²) >= 11 is 0. The van der Waals surface area contributed by atoms with Gasteiger partial charge in [-0.15, -0.1) is 10.2 Å². The van der Waals surface area contributed by atoms with Gasteiger partial charge >= 0.3 is 0 Å². The monoisotopic (exact) mass is 567 g/mol. The van der Waals surface area contributed by atoms with E-state index in [-0.39, 0.29) is 5.91 Å². The molecule has 6 rings (SSSR count). The maximum absolute atomic E-state index is 13.5. The highest BCUT2D eigenvalue weighted by Crippen LogP contribution is 2.33. The summed E-state index contributed by atoms with van der Waals surface area (Å²) < 4.78 is 10.3. The van der Waals surface area contributed by atoms with Gasteiger partial charge in [0.25, 0.3) is 5.91 Å². The average molecular weight is 568 g/mol. The number of rotatable bonds is 8. The second kappa shape index (κ2) is 12.4. The second-order valence-corrected chi connectivity index (χ2v) is 11.0. The molecule has 0 unspecified atom stereocenters. The summed E-state index contributed by atoms with van der Waals surface area (Å²) in [6.07, 6.45) is 4.44. The van der Waals surface area contributed by atoms with Gasteiger partial charge in [-0.3, -0.25) is 4.79 Å². The zero-order valence-electron chi connectivity index (χ0n) is 24.5. The molecule has 1 N–H and O–H groups in total. The van der Waals surface area contributed by atoms with Crippen molar-refractivity contribution in [2.75, 3.05) is 51.9 Å². The third-order valence-electron chi connectivity index (χ3n) is 8.34. The van der Waals surface area contributed by atoms with E-state index in [0.29, 0.717) is 25.1 Å². The molecular weight excluding hydrogens is 530 g/mol. The Morgan fingerprint density at radius 2 is 1.86 bits per heavy atom. The average Bonchev–Trinajstić information content (AvgIpc) is 3.04. The number of amides is 1. The number of piperidine rings is 1. The maximum atomic E-state index is 13.5. The largest absolute Gasteiger partial charge is 0.480 e. The van der Waals surface area contributed by atoms with Gasteiger partial charge < -0.3 is 24.6 Å². The minimum atomic E-state index is 0.110. The van der Waals surface area contributed by atoms with E-state index in [4.69, 9.17) is 14.5 Å². The molecule has 0 atom stereocenters. The molecule has 0 radical (unpaired) electrons. The lowest BCUT2D eigenvalue weighted by Crippen LogP contribution is -2.45. The lowest BCUT2D eigenvalue weighted by molar-refractivity contribution is 0.0702. The normalized spacial score (nSPS) is 15.6. The number of methoxy groups -OCH3 is 2. The Hall–Kier alpha value is -4.15. The first kappa shape index (κ1) is 28.0. The van der Waals surface area contributed by atoms with Crippen molar-refractivity contribution in [3.8, 4) is 17.1 Å². The van der Waals surface area contributed by atoms with Gasteiger partial charge in [0.2, 0.25) is 5.88 Å². The van der Waals surface area contributed by atoms with Gasteiger partial charge in [-0.05, 0) is 73.2 Å². The first-order valence-corrected chi connectivity index (χ1v) is 14.6. The van der Waals surface area contributed by atoms with Crippen LogP contribution in [0.5, 0.6) is 5.88 Å². The molecule has 0 saturated carbocycles. The minimum absolute atomic E-state index is 0.110. The number of hydrogen-bond acceptors (Lipinski definition) is 9. The van der Waals surface area contributed by atoms with E-state index in [9.17, 15) is 4.79 Å². The lowest BCUT2D eigenvalue weighted by atomic mass is 9.96. The van der Waals surface area contributed by atoms with Crippen LogP contribution < -0.4 is 15.0 Å². The highest BCUT2D eigenvalue weighted by atomic mass is 16.5. The molecule has 0 bridgehead atoms. The topological polar surface area (TPSA) is 106 Å². The maximum Gasteiger partial charge on any atom is 0.253 e. The fraction of sp³-hybridized carbons (Fsp3) is 0.406. The van der Waals surface area contributed by atoms with E-state index in [1.54, 1.807) is 20.5 Å². The molecule has 10 nitrogen and oxygen atoms in total. The third kappa shape index (κ3) is 5.77. The van der Waals surface area contributed by atoms with Crippen LogP contribution in [0.4, 0.5) is 5.82 Å². The van der Waals surface area contributed by atoms with Crippen molar-refractivity contribution >= 4 is 22.6 Å². The highest BCUT2D eigenvalue weighted by molar-refractivity contribution is 5.96. The molecule has 42 heavy (non-hydrogen) atoms. The molecule has 4 aromatic rings. The summed E-state index contributed by atoms with van der Waals surface area (Å²) in [5.74, 6) is 1.47. The molecular formula is C32H37N7O3. The number of aryl methyl sites for hydroxylation is 1. The number of anilines is 1. The van der Waals surface area contributed by atoms with E-state index >= 15 is 0 Å². The van der Waals surface area contributed by atoms with E-state index < -0.39 is 0 Å². The van der Waals surface area contributed by atoms with E-state index in [0.717, 1.165) is 84.5 Å². The predicted molar refractivity (Wildman–Crippen MR) is 162 cm³/mol. The lowest BCUT2D eigenvalue weighted by Gasteiger charge is -2.33. The van der Waals surface area contributed by atoms with Crippen molar-refractivity contribution in [3.05, 3.63) is 71.0 Å². The number of aromatic nitrogens is 4. The van der Waals surface area contributed by atoms with E-state index in [1.807, 2.05) is 23.1 Å². The van der Waals surface area contributed by atoms with Crippen LogP contribution in [0.15, 0.2) is 48.8 Å². The predicted octanol–water partition coefficient (Wildman–Crippen LogP) is 3.81. The number of ether oxygens (including phenoxy) is 2. The summed E-state index contributed by atoms with van der Waals surface area (Å²) in [5, 5.41) is 13.0. The van der Waals surface area contributed by atoms with Crippen LogP contribution in [0.1, 0.15) is 39.9 Å².